The number of hydroxylamine groups is 1. The van der Waals surface area contributed by atoms with Crippen LogP contribution < -0.4 is 11.2 Å². The molecule has 0 spiro atoms. The van der Waals surface area contributed by atoms with Crippen LogP contribution in [0.5, 0.6) is 0 Å². The van der Waals surface area contributed by atoms with Gasteiger partial charge in [-0.25, -0.2) is 5.48 Å². The van der Waals surface area contributed by atoms with Crippen LogP contribution in [0.25, 0.3) is 0 Å². The highest BCUT2D eigenvalue weighted by Gasteiger charge is 2.30. The van der Waals surface area contributed by atoms with Gasteiger partial charge in [-0.15, -0.1) is 0 Å². The minimum Gasteiger partial charge on any atom is -0.368 e. The largest absolute Gasteiger partial charge is 0.416 e. The molecule has 8 heteroatoms. The van der Waals surface area contributed by atoms with Crippen molar-refractivity contribution in [3.63, 3.8) is 0 Å². The lowest BCUT2D eigenvalue weighted by Gasteiger charge is -2.08. The Morgan fingerprint density at radius 2 is 2.00 bits per heavy atom. The average Bonchev–Trinajstić information content (AvgIpc) is 2.27. The zero-order chi connectivity index (χ0) is 14.5. The fourth-order valence-electron chi connectivity index (χ4n) is 1.27. The molecule has 0 unspecified atom stereocenters. The molecule has 1 aromatic carbocycles. The van der Waals surface area contributed by atoms with Crippen LogP contribution in [-0.2, 0) is 27.0 Å². The van der Waals surface area contributed by atoms with Crippen LogP contribution in [0, 0.1) is 0 Å². The first-order valence-electron chi connectivity index (χ1n) is 5.14. The molecule has 2 amide bonds. The van der Waals surface area contributed by atoms with Gasteiger partial charge in [-0.2, -0.15) is 13.2 Å². The molecule has 19 heavy (non-hydrogen) atoms. The number of amides is 2. The number of halogens is 3. The summed E-state index contributed by atoms with van der Waals surface area (Å²) in [6.45, 7) is -0.506. The zero-order valence-electron chi connectivity index (χ0n) is 9.66. The third-order valence-electron chi connectivity index (χ3n) is 2.02. The molecule has 0 saturated heterocycles. The highest BCUT2D eigenvalue weighted by atomic mass is 19.4. The van der Waals surface area contributed by atoms with E-state index in [2.05, 4.69) is 4.84 Å². The summed E-state index contributed by atoms with van der Waals surface area (Å²) in [6.07, 6.45) is -4.77. The van der Waals surface area contributed by atoms with Gasteiger partial charge in [0.05, 0.1) is 12.0 Å². The monoisotopic (exact) mass is 276 g/mol. The summed E-state index contributed by atoms with van der Waals surface area (Å²) in [7, 11) is 0. The van der Waals surface area contributed by atoms with Crippen LogP contribution in [0.15, 0.2) is 24.3 Å². The molecule has 0 aliphatic rings. The van der Waals surface area contributed by atoms with Crippen molar-refractivity contribution in [2.45, 2.75) is 12.6 Å². The first-order valence-corrected chi connectivity index (χ1v) is 5.14. The number of nitrogens with one attached hydrogen (secondary N) is 1. The summed E-state index contributed by atoms with van der Waals surface area (Å²) in [4.78, 5) is 26.0. The normalized spacial score (nSPS) is 11.1. The number of rotatable bonds is 5. The van der Waals surface area contributed by atoms with E-state index in [1.807, 2.05) is 5.48 Å². The van der Waals surface area contributed by atoms with E-state index >= 15 is 0 Å². The second kappa shape index (κ2) is 6.19. The average molecular weight is 276 g/mol. The SMILES string of the molecule is NC(=O)CONC(=O)Cc1cccc(C(F)(F)F)c1. The first kappa shape index (κ1) is 15.0. The number of carbonyl (C=O) groups is 2. The van der Waals surface area contributed by atoms with Crippen LogP contribution in [-0.4, -0.2) is 18.4 Å². The maximum Gasteiger partial charge on any atom is 0.416 e. The molecule has 1 rings (SSSR count). The fraction of sp³-hybridized carbons (Fsp3) is 0.273. The Hall–Kier alpha value is -2.09. The van der Waals surface area contributed by atoms with Crippen LogP contribution in [0.3, 0.4) is 0 Å². The number of nitrogens with two attached hydrogens (primary N) is 1. The molecule has 0 atom stereocenters. The zero-order valence-corrected chi connectivity index (χ0v) is 9.66. The van der Waals surface area contributed by atoms with Gasteiger partial charge in [0, 0.05) is 0 Å². The molecule has 0 fully saturated rings. The lowest BCUT2D eigenvalue weighted by atomic mass is 10.1. The summed E-state index contributed by atoms with van der Waals surface area (Å²) in [6, 6.07) is 4.36. The Morgan fingerprint density at radius 3 is 2.58 bits per heavy atom. The van der Waals surface area contributed by atoms with Crippen molar-refractivity contribution in [3.8, 4) is 0 Å². The van der Waals surface area contributed by atoms with Crippen molar-refractivity contribution in [2.75, 3.05) is 6.61 Å². The lowest BCUT2D eigenvalue weighted by molar-refractivity contribution is -0.139. The van der Waals surface area contributed by atoms with E-state index in [0.29, 0.717) is 0 Å². The molecule has 1 aromatic rings. The number of benzene rings is 1. The molecule has 0 aliphatic heterocycles. The predicted octanol–water partition coefficient (Wildman–Crippen LogP) is 0.781. The van der Waals surface area contributed by atoms with Crippen molar-refractivity contribution in [1.29, 1.82) is 0 Å². The van der Waals surface area contributed by atoms with Gasteiger partial charge in [0.2, 0.25) is 11.8 Å². The number of hydrogen-bond donors (Lipinski definition) is 2. The van der Waals surface area contributed by atoms with Crippen molar-refractivity contribution in [2.24, 2.45) is 5.73 Å². The molecule has 104 valence electrons. The maximum atomic E-state index is 12.4. The Bertz CT molecular complexity index is 474. The summed E-state index contributed by atoms with van der Waals surface area (Å²) in [5, 5.41) is 0. The second-order valence-corrected chi connectivity index (χ2v) is 3.66. The Morgan fingerprint density at radius 1 is 1.32 bits per heavy atom. The van der Waals surface area contributed by atoms with Crippen LogP contribution in [0.4, 0.5) is 13.2 Å². The van der Waals surface area contributed by atoms with Gasteiger partial charge in [-0.1, -0.05) is 18.2 Å². The van der Waals surface area contributed by atoms with E-state index in [9.17, 15) is 22.8 Å². The summed E-state index contributed by atoms with van der Waals surface area (Å²) in [5.41, 5.74) is 6.00. The fourth-order valence-corrected chi connectivity index (χ4v) is 1.27. The molecule has 0 heterocycles. The molecule has 0 bridgehead atoms. The van der Waals surface area contributed by atoms with Crippen LogP contribution in [0.2, 0.25) is 0 Å². The third-order valence-corrected chi connectivity index (χ3v) is 2.02. The van der Waals surface area contributed by atoms with Gasteiger partial charge < -0.3 is 5.73 Å². The molecule has 0 radical (unpaired) electrons. The van der Waals surface area contributed by atoms with E-state index in [-0.39, 0.29) is 12.0 Å². The summed E-state index contributed by atoms with van der Waals surface area (Å²) in [5.74, 6) is -1.46. The molecule has 0 aromatic heterocycles. The molecule has 0 aliphatic carbocycles. The van der Waals surface area contributed by atoms with Gasteiger partial charge in [0.25, 0.3) is 0 Å². The third kappa shape index (κ3) is 5.38. The Kier molecular flexibility index (Phi) is 4.87. The molecule has 5 nitrogen and oxygen atoms in total. The quantitative estimate of drug-likeness (QED) is 0.780. The Labute approximate surface area is 106 Å². The Balaban J connectivity index is 2.57. The smallest absolute Gasteiger partial charge is 0.368 e. The topological polar surface area (TPSA) is 81.4 Å². The predicted molar refractivity (Wildman–Crippen MR) is 58.4 cm³/mol. The minimum atomic E-state index is -4.46. The minimum absolute atomic E-state index is 0.176. The van der Waals surface area contributed by atoms with E-state index in [4.69, 9.17) is 5.73 Å². The van der Waals surface area contributed by atoms with Gasteiger partial charge in [0.15, 0.2) is 6.61 Å². The van der Waals surface area contributed by atoms with Crippen molar-refractivity contribution in [3.05, 3.63) is 35.4 Å². The van der Waals surface area contributed by atoms with Crippen LogP contribution >= 0.6 is 0 Å². The van der Waals surface area contributed by atoms with Crippen molar-refractivity contribution >= 4 is 11.8 Å². The van der Waals surface area contributed by atoms with Gasteiger partial charge in [-0.3, -0.25) is 14.4 Å². The van der Waals surface area contributed by atoms with E-state index in [1.54, 1.807) is 0 Å². The molecule has 3 N–H and O–H groups in total. The highest BCUT2D eigenvalue weighted by molar-refractivity contribution is 5.78. The second-order valence-electron chi connectivity index (χ2n) is 3.66. The van der Waals surface area contributed by atoms with Gasteiger partial charge >= 0.3 is 6.18 Å². The summed E-state index contributed by atoms with van der Waals surface area (Å²) < 4.78 is 37.3. The lowest BCUT2D eigenvalue weighted by Crippen LogP contribution is -2.30. The van der Waals surface area contributed by atoms with Gasteiger partial charge in [0.1, 0.15) is 0 Å². The molecular formula is C11H11F3N2O3. The summed E-state index contributed by atoms with van der Waals surface area (Å²) >= 11 is 0. The number of primary amides is 1. The number of alkyl halides is 3. The highest BCUT2D eigenvalue weighted by Crippen LogP contribution is 2.29. The van der Waals surface area contributed by atoms with E-state index < -0.39 is 30.2 Å². The number of hydrogen-bond acceptors (Lipinski definition) is 3. The number of carbonyl (C=O) groups excluding carboxylic acids is 2. The van der Waals surface area contributed by atoms with Crippen LogP contribution in [0.1, 0.15) is 11.1 Å². The van der Waals surface area contributed by atoms with E-state index in [1.165, 1.54) is 12.1 Å². The van der Waals surface area contributed by atoms with Crippen molar-refractivity contribution < 1.29 is 27.6 Å². The molecular weight excluding hydrogens is 265 g/mol. The van der Waals surface area contributed by atoms with E-state index in [0.717, 1.165) is 12.1 Å². The van der Waals surface area contributed by atoms with Crippen molar-refractivity contribution in [1.82, 2.24) is 5.48 Å². The molecule has 0 saturated carbocycles. The first-order chi connectivity index (χ1) is 8.79. The maximum absolute atomic E-state index is 12.4. The van der Waals surface area contributed by atoms with Gasteiger partial charge in [-0.05, 0) is 11.6 Å². The standard InChI is InChI=1S/C11H11F3N2O3/c12-11(13,14)8-3-1-2-7(4-8)5-10(18)16-19-6-9(15)17/h1-4H,5-6H2,(H2,15,17)(H,16,18).